The van der Waals surface area contributed by atoms with Crippen LogP contribution in [0.2, 0.25) is 0 Å². The Bertz CT molecular complexity index is 1690. The molecule has 0 aliphatic carbocycles. The Morgan fingerprint density at radius 1 is 1.08 bits per heavy atom. The van der Waals surface area contributed by atoms with E-state index < -0.39 is 17.6 Å². The minimum absolute atomic E-state index is 0.175. The number of nitrogens with one attached hydrogen (secondary N) is 1. The first-order valence-electron chi connectivity index (χ1n) is 11.7. The van der Waals surface area contributed by atoms with E-state index in [0.717, 1.165) is 16.5 Å². The van der Waals surface area contributed by atoms with Gasteiger partial charge in [0.25, 0.3) is 0 Å². The summed E-state index contributed by atoms with van der Waals surface area (Å²) in [6.07, 6.45) is 1.58. The van der Waals surface area contributed by atoms with E-state index in [-0.39, 0.29) is 11.6 Å². The number of aryl methyl sites for hydroxylation is 1. The summed E-state index contributed by atoms with van der Waals surface area (Å²) in [6.45, 7) is 4.64. The molecule has 1 aliphatic rings. The van der Waals surface area contributed by atoms with Crippen molar-refractivity contribution in [2.24, 2.45) is 0 Å². The Morgan fingerprint density at radius 3 is 2.49 bits per heavy atom. The Morgan fingerprint density at radius 2 is 1.78 bits per heavy atom. The van der Waals surface area contributed by atoms with Gasteiger partial charge in [-0.25, -0.2) is 18.6 Å². The van der Waals surface area contributed by atoms with Crippen molar-refractivity contribution < 1.29 is 18.7 Å². The zero-order chi connectivity index (χ0) is 25.8. The molecule has 0 bridgehead atoms. The molecule has 0 spiro atoms. The monoisotopic (exact) mass is 500 g/mol. The van der Waals surface area contributed by atoms with Gasteiger partial charge in [-0.05, 0) is 60.9 Å². The number of hydrogen-bond acceptors (Lipinski definition) is 6. The van der Waals surface area contributed by atoms with Gasteiger partial charge in [0.1, 0.15) is 6.33 Å². The third-order valence-electron chi connectivity index (χ3n) is 6.74. The molecular formula is C27H22F2N6O2. The van der Waals surface area contributed by atoms with E-state index in [9.17, 15) is 18.7 Å². The van der Waals surface area contributed by atoms with Crippen LogP contribution in [0.4, 0.5) is 20.4 Å². The summed E-state index contributed by atoms with van der Waals surface area (Å²) >= 11 is 0. The first-order chi connectivity index (χ1) is 17.8. The molecule has 8 nitrogen and oxygen atoms in total. The number of carboxylic acids is 1. The van der Waals surface area contributed by atoms with Crippen molar-refractivity contribution in [3.8, 4) is 0 Å². The van der Waals surface area contributed by atoms with Crippen LogP contribution >= 0.6 is 0 Å². The van der Waals surface area contributed by atoms with E-state index in [4.69, 9.17) is 4.98 Å². The first kappa shape index (κ1) is 22.8. The largest absolute Gasteiger partial charge is 0.478 e. The number of fused-ring (bicyclic) bond motifs is 4. The van der Waals surface area contributed by atoms with Gasteiger partial charge in [-0.15, -0.1) is 10.2 Å². The van der Waals surface area contributed by atoms with Gasteiger partial charge in [0.15, 0.2) is 17.3 Å². The molecular weight excluding hydrogens is 478 g/mol. The second-order valence-electron chi connectivity index (χ2n) is 9.29. The minimum Gasteiger partial charge on any atom is -0.478 e. The van der Waals surface area contributed by atoms with Crippen molar-refractivity contribution >= 4 is 34.2 Å². The Labute approximate surface area is 210 Å². The molecule has 10 heteroatoms. The number of benzene rings is 3. The number of para-hydroxylation sites is 1. The van der Waals surface area contributed by atoms with Crippen LogP contribution in [0.25, 0.3) is 16.6 Å². The molecule has 186 valence electrons. The van der Waals surface area contributed by atoms with Crippen molar-refractivity contribution in [1.29, 1.82) is 0 Å². The molecule has 3 aromatic carbocycles. The van der Waals surface area contributed by atoms with Gasteiger partial charge in [-0.3, -0.25) is 4.40 Å². The van der Waals surface area contributed by atoms with E-state index in [0.29, 0.717) is 47.0 Å². The second kappa shape index (κ2) is 8.51. The topological polar surface area (TPSA) is 95.6 Å². The standard InChI is InChI=1S/C27H22F2N6O2/c1-14-7-19(15(2)31-23-6-4-3-5-18(23)26(36)37)24-20(8-14)25-33-30-13-35(25)27(32-24)34-11-16-9-21(28)22(29)10-17(16)12-34/h3-10,13,15,31H,11-12H2,1-2H3,(H,36,37)/t15-/m1/s1. The highest BCUT2D eigenvalue weighted by molar-refractivity contribution is 5.96. The lowest BCUT2D eigenvalue weighted by atomic mass is 10.0. The summed E-state index contributed by atoms with van der Waals surface area (Å²) in [7, 11) is 0. The van der Waals surface area contributed by atoms with Gasteiger partial charge in [0.05, 0.1) is 17.1 Å². The van der Waals surface area contributed by atoms with Gasteiger partial charge >= 0.3 is 5.97 Å². The lowest BCUT2D eigenvalue weighted by molar-refractivity contribution is 0.0698. The molecule has 2 aromatic heterocycles. The van der Waals surface area contributed by atoms with Crippen molar-refractivity contribution in [1.82, 2.24) is 19.6 Å². The van der Waals surface area contributed by atoms with Gasteiger partial charge in [-0.2, -0.15) is 0 Å². The quantitative estimate of drug-likeness (QED) is 0.340. The van der Waals surface area contributed by atoms with Gasteiger partial charge in [0.2, 0.25) is 5.95 Å². The zero-order valence-electron chi connectivity index (χ0n) is 20.0. The van der Waals surface area contributed by atoms with Crippen LogP contribution < -0.4 is 10.2 Å². The molecule has 0 fully saturated rings. The van der Waals surface area contributed by atoms with Crippen LogP contribution in [-0.2, 0) is 13.1 Å². The van der Waals surface area contributed by atoms with Crippen LogP contribution in [0, 0.1) is 18.6 Å². The number of halogens is 2. The molecule has 0 radical (unpaired) electrons. The van der Waals surface area contributed by atoms with E-state index in [1.807, 2.05) is 30.9 Å². The number of carbonyl (C=O) groups is 1. The summed E-state index contributed by atoms with van der Waals surface area (Å²) in [6, 6.07) is 12.9. The predicted octanol–water partition coefficient (Wildman–Crippen LogP) is 5.26. The summed E-state index contributed by atoms with van der Waals surface area (Å²) in [5.41, 5.74) is 5.21. The lowest BCUT2D eigenvalue weighted by Gasteiger charge is -2.22. The van der Waals surface area contributed by atoms with Crippen molar-refractivity contribution in [2.75, 3.05) is 10.2 Å². The van der Waals surface area contributed by atoms with E-state index >= 15 is 0 Å². The van der Waals surface area contributed by atoms with E-state index in [1.54, 1.807) is 35.0 Å². The fourth-order valence-electron chi connectivity index (χ4n) is 5.01. The fraction of sp³-hybridized carbons (Fsp3) is 0.185. The number of rotatable bonds is 5. The highest BCUT2D eigenvalue weighted by Crippen LogP contribution is 2.34. The predicted molar refractivity (Wildman–Crippen MR) is 135 cm³/mol. The van der Waals surface area contributed by atoms with E-state index in [1.165, 1.54) is 12.1 Å². The molecule has 5 aromatic rings. The van der Waals surface area contributed by atoms with Gasteiger partial charge in [0, 0.05) is 29.7 Å². The molecule has 1 aliphatic heterocycles. The third kappa shape index (κ3) is 3.81. The minimum atomic E-state index is -1.02. The Kier molecular flexibility index (Phi) is 5.25. The third-order valence-corrected chi connectivity index (χ3v) is 6.74. The number of hydrogen-bond donors (Lipinski definition) is 2. The first-order valence-corrected chi connectivity index (χ1v) is 11.7. The number of anilines is 2. The van der Waals surface area contributed by atoms with E-state index in [2.05, 4.69) is 15.5 Å². The molecule has 37 heavy (non-hydrogen) atoms. The Balaban J connectivity index is 1.48. The molecule has 0 saturated heterocycles. The molecule has 6 rings (SSSR count). The van der Waals surface area contributed by atoms with Crippen LogP contribution in [0.3, 0.4) is 0 Å². The summed E-state index contributed by atoms with van der Waals surface area (Å²) in [5, 5.41) is 22.2. The smallest absolute Gasteiger partial charge is 0.337 e. The number of aromatic carboxylic acids is 1. The SMILES string of the molecule is Cc1cc([C@@H](C)Nc2ccccc2C(=O)O)c2nc(N3Cc4cc(F)c(F)cc4C3)n3cnnc3c2c1. The number of nitrogens with zero attached hydrogens (tertiary/aromatic N) is 5. The fourth-order valence-corrected chi connectivity index (χ4v) is 5.01. The average Bonchev–Trinajstić information content (AvgIpc) is 3.51. The molecule has 1 atom stereocenters. The maximum atomic E-state index is 13.9. The maximum Gasteiger partial charge on any atom is 0.337 e. The van der Waals surface area contributed by atoms with Crippen molar-refractivity contribution in [3.63, 3.8) is 0 Å². The second-order valence-corrected chi connectivity index (χ2v) is 9.29. The highest BCUT2D eigenvalue weighted by Gasteiger charge is 2.26. The van der Waals surface area contributed by atoms with Crippen LogP contribution in [0.1, 0.15) is 45.6 Å². The number of carboxylic acid groups (broad SMARTS) is 1. The summed E-state index contributed by atoms with van der Waals surface area (Å²) in [5.74, 6) is -2.22. The Hall–Kier alpha value is -4.60. The summed E-state index contributed by atoms with van der Waals surface area (Å²) < 4.78 is 29.5. The lowest BCUT2D eigenvalue weighted by Crippen LogP contribution is -2.20. The van der Waals surface area contributed by atoms with Crippen LogP contribution in [-0.4, -0.2) is 30.7 Å². The van der Waals surface area contributed by atoms with Crippen molar-refractivity contribution in [2.45, 2.75) is 33.0 Å². The summed E-state index contributed by atoms with van der Waals surface area (Å²) in [4.78, 5) is 18.7. The van der Waals surface area contributed by atoms with Gasteiger partial charge in [-0.1, -0.05) is 18.2 Å². The number of aromatic nitrogens is 4. The molecule has 0 unspecified atom stereocenters. The van der Waals surface area contributed by atoms with Gasteiger partial charge < -0.3 is 15.3 Å². The van der Waals surface area contributed by atoms with Crippen molar-refractivity contribution in [3.05, 3.63) is 94.3 Å². The van der Waals surface area contributed by atoms with Crippen LogP contribution in [0.15, 0.2) is 54.9 Å². The molecule has 0 saturated carbocycles. The highest BCUT2D eigenvalue weighted by atomic mass is 19.2. The average molecular weight is 501 g/mol. The zero-order valence-corrected chi connectivity index (χ0v) is 20.0. The normalized spacial score (nSPS) is 13.8. The molecule has 2 N–H and O–H groups in total. The van der Waals surface area contributed by atoms with Crippen LogP contribution in [0.5, 0.6) is 0 Å². The molecule has 0 amide bonds. The molecule has 3 heterocycles. The maximum absolute atomic E-state index is 13.9.